The summed E-state index contributed by atoms with van der Waals surface area (Å²) in [6.07, 6.45) is 0.0779. The molecule has 2 amide bonds. The summed E-state index contributed by atoms with van der Waals surface area (Å²) < 4.78 is 17.4. The largest absolute Gasteiger partial charge is 0.463 e. The molecule has 0 saturated carbocycles. The van der Waals surface area contributed by atoms with E-state index in [2.05, 4.69) is 11.8 Å². The van der Waals surface area contributed by atoms with Gasteiger partial charge >= 0.3 is 5.97 Å². The second kappa shape index (κ2) is 13.1. The van der Waals surface area contributed by atoms with Crippen molar-refractivity contribution in [3.05, 3.63) is 95.1 Å². The van der Waals surface area contributed by atoms with Crippen LogP contribution in [0, 0.1) is 0 Å². The van der Waals surface area contributed by atoms with E-state index >= 15 is 0 Å². The predicted octanol–water partition coefficient (Wildman–Crippen LogP) is 5.20. The number of carbonyl (C=O) groups is 3. The highest BCUT2D eigenvalue weighted by atomic mass is 16.5. The smallest absolute Gasteiger partial charge is 0.336 e. The second-order valence-corrected chi connectivity index (χ2v) is 10.4. The number of allylic oxidation sites excluding steroid dienone is 1. The highest BCUT2D eigenvalue weighted by molar-refractivity contribution is 5.96. The molecule has 0 radical (unpaired) electrons. The lowest BCUT2D eigenvalue weighted by molar-refractivity contribution is -0.140. The molecule has 9 heteroatoms. The number of ether oxygens (including phenoxy) is 2. The van der Waals surface area contributed by atoms with Crippen LogP contribution in [0.25, 0.3) is 0 Å². The molecular weight excluding hydrogens is 534 g/mol. The summed E-state index contributed by atoms with van der Waals surface area (Å²) in [7, 11) is 0. The minimum absolute atomic E-state index is 0.0779. The van der Waals surface area contributed by atoms with Crippen LogP contribution in [0.4, 0.5) is 0 Å². The normalized spacial score (nSPS) is 17.9. The molecule has 1 aromatic heterocycles. The van der Waals surface area contributed by atoms with E-state index in [1.54, 1.807) is 35.8 Å². The van der Waals surface area contributed by atoms with Gasteiger partial charge in [-0.1, -0.05) is 37.3 Å². The van der Waals surface area contributed by atoms with Gasteiger partial charge < -0.3 is 28.6 Å². The highest BCUT2D eigenvalue weighted by Gasteiger charge is 2.37. The lowest BCUT2D eigenvalue weighted by Crippen LogP contribution is -2.48. The van der Waals surface area contributed by atoms with Crippen molar-refractivity contribution in [2.24, 2.45) is 0 Å². The number of hydrogen-bond acceptors (Lipinski definition) is 7. The zero-order valence-electron chi connectivity index (χ0n) is 24.4. The Labute approximate surface area is 246 Å². The number of carbonyl (C=O) groups excluding carboxylic acids is 3. The molecule has 2 aliphatic heterocycles. The summed E-state index contributed by atoms with van der Waals surface area (Å²) in [5.41, 5.74) is 1.71. The summed E-state index contributed by atoms with van der Waals surface area (Å²) in [6.45, 7) is 9.87. The first-order valence-corrected chi connectivity index (χ1v) is 14.5. The van der Waals surface area contributed by atoms with Crippen LogP contribution in [-0.4, -0.2) is 71.8 Å². The number of hydrogen-bond donors (Lipinski definition) is 0. The van der Waals surface area contributed by atoms with Gasteiger partial charge in [0, 0.05) is 44.2 Å². The van der Waals surface area contributed by atoms with E-state index in [0.29, 0.717) is 41.6 Å². The first kappa shape index (κ1) is 29.1. The summed E-state index contributed by atoms with van der Waals surface area (Å²) in [6, 6.07) is 20.2. The van der Waals surface area contributed by atoms with Gasteiger partial charge in [-0.15, -0.1) is 0 Å². The van der Waals surface area contributed by atoms with E-state index in [1.165, 1.54) is 0 Å². The Hall–Kier alpha value is -4.37. The van der Waals surface area contributed by atoms with Crippen molar-refractivity contribution in [3.8, 4) is 11.5 Å². The van der Waals surface area contributed by atoms with Crippen molar-refractivity contribution in [2.75, 3.05) is 39.3 Å². The lowest BCUT2D eigenvalue weighted by Gasteiger charge is -2.34. The van der Waals surface area contributed by atoms with Crippen molar-refractivity contribution >= 4 is 17.8 Å². The summed E-state index contributed by atoms with van der Waals surface area (Å²) in [5.74, 6) is 0.753. The van der Waals surface area contributed by atoms with E-state index in [9.17, 15) is 14.4 Å². The fourth-order valence-corrected chi connectivity index (χ4v) is 5.54. The lowest BCUT2D eigenvalue weighted by atomic mass is 9.83. The number of likely N-dealkylation sites (N-methyl/N-ethyl adjacent to an activating group) is 1. The summed E-state index contributed by atoms with van der Waals surface area (Å²) in [4.78, 5) is 45.5. The molecule has 3 aromatic rings. The van der Waals surface area contributed by atoms with Crippen LogP contribution in [0.3, 0.4) is 0 Å². The van der Waals surface area contributed by atoms with Crippen LogP contribution >= 0.6 is 0 Å². The SMILES string of the molecule is CCOC(=O)C1=C(C)N(Cc2ccc(C(=O)N3CCN(CC)CC3)o2)C(=O)CC1c1cccc(Oc2ccccc2)c1. The van der Waals surface area contributed by atoms with Gasteiger partial charge in [0.2, 0.25) is 5.91 Å². The van der Waals surface area contributed by atoms with Gasteiger partial charge in [0.1, 0.15) is 17.3 Å². The first-order valence-electron chi connectivity index (χ1n) is 14.5. The molecule has 0 N–H and O–H groups in total. The second-order valence-electron chi connectivity index (χ2n) is 10.4. The number of benzene rings is 2. The van der Waals surface area contributed by atoms with Crippen molar-refractivity contribution in [1.29, 1.82) is 0 Å². The number of furan rings is 1. The number of piperazine rings is 1. The third-order valence-electron chi connectivity index (χ3n) is 7.85. The molecule has 1 unspecified atom stereocenters. The minimum Gasteiger partial charge on any atom is -0.463 e. The maximum Gasteiger partial charge on any atom is 0.336 e. The molecule has 220 valence electrons. The number of nitrogens with zero attached hydrogens (tertiary/aromatic N) is 3. The molecule has 3 heterocycles. The molecule has 9 nitrogen and oxygen atoms in total. The minimum atomic E-state index is -0.498. The summed E-state index contributed by atoms with van der Waals surface area (Å²) in [5, 5.41) is 0. The van der Waals surface area contributed by atoms with Gasteiger partial charge in [0.15, 0.2) is 5.76 Å². The number of para-hydroxylation sites is 1. The maximum atomic E-state index is 13.5. The van der Waals surface area contributed by atoms with Gasteiger partial charge in [-0.3, -0.25) is 9.59 Å². The molecule has 42 heavy (non-hydrogen) atoms. The molecule has 1 saturated heterocycles. The van der Waals surface area contributed by atoms with Gasteiger partial charge in [-0.25, -0.2) is 4.79 Å². The first-order chi connectivity index (χ1) is 20.4. The quantitative estimate of drug-likeness (QED) is 0.326. The maximum absolute atomic E-state index is 13.5. The van der Waals surface area contributed by atoms with Gasteiger partial charge in [0.05, 0.1) is 18.7 Å². The molecule has 0 aliphatic carbocycles. The van der Waals surface area contributed by atoms with E-state index in [1.807, 2.05) is 54.6 Å². The predicted molar refractivity (Wildman–Crippen MR) is 157 cm³/mol. The van der Waals surface area contributed by atoms with Crippen LogP contribution in [0.2, 0.25) is 0 Å². The van der Waals surface area contributed by atoms with Crippen molar-refractivity contribution in [2.45, 2.75) is 39.7 Å². The van der Waals surface area contributed by atoms with Gasteiger partial charge in [-0.05, 0) is 62.4 Å². The Morgan fingerprint density at radius 3 is 2.38 bits per heavy atom. The Balaban J connectivity index is 1.37. The van der Waals surface area contributed by atoms with E-state index < -0.39 is 11.9 Å². The van der Waals surface area contributed by atoms with Crippen molar-refractivity contribution in [1.82, 2.24) is 14.7 Å². The van der Waals surface area contributed by atoms with Gasteiger partial charge in [-0.2, -0.15) is 0 Å². The Kier molecular flexibility index (Phi) is 9.07. The third-order valence-corrected chi connectivity index (χ3v) is 7.85. The van der Waals surface area contributed by atoms with Crippen LogP contribution in [0.15, 0.2) is 82.4 Å². The molecule has 0 spiro atoms. The zero-order chi connectivity index (χ0) is 29.6. The van der Waals surface area contributed by atoms with Crippen molar-refractivity contribution in [3.63, 3.8) is 0 Å². The average molecular weight is 572 g/mol. The molecule has 1 atom stereocenters. The van der Waals surface area contributed by atoms with Crippen LogP contribution < -0.4 is 4.74 Å². The molecule has 0 bridgehead atoms. The Bertz CT molecular complexity index is 1460. The van der Waals surface area contributed by atoms with E-state index in [4.69, 9.17) is 13.9 Å². The topological polar surface area (TPSA) is 92.5 Å². The standard InChI is InChI=1S/C33H37N3O6/c1-4-34-16-18-35(19-17-34)32(38)29-15-14-27(42-29)22-36-23(3)31(33(39)40-5-2)28(21-30(36)37)24-10-9-13-26(20-24)41-25-11-7-6-8-12-25/h6-15,20,28H,4-5,16-19,21-22H2,1-3H3. The molecule has 2 aliphatic rings. The highest BCUT2D eigenvalue weighted by Crippen LogP contribution is 2.39. The third kappa shape index (κ3) is 6.41. The Morgan fingerprint density at radius 2 is 1.67 bits per heavy atom. The van der Waals surface area contributed by atoms with Crippen molar-refractivity contribution < 1.29 is 28.3 Å². The monoisotopic (exact) mass is 571 g/mol. The molecule has 5 rings (SSSR count). The van der Waals surface area contributed by atoms with Crippen LogP contribution in [0.1, 0.15) is 55.0 Å². The fourth-order valence-electron chi connectivity index (χ4n) is 5.54. The number of rotatable bonds is 9. The van der Waals surface area contributed by atoms with E-state index in [0.717, 1.165) is 25.2 Å². The zero-order valence-corrected chi connectivity index (χ0v) is 24.4. The van der Waals surface area contributed by atoms with Crippen LogP contribution in [0.5, 0.6) is 11.5 Å². The average Bonchev–Trinajstić information content (AvgIpc) is 3.48. The molecule has 2 aromatic carbocycles. The molecule has 1 fully saturated rings. The van der Waals surface area contributed by atoms with Crippen LogP contribution in [-0.2, 0) is 20.9 Å². The number of esters is 1. The van der Waals surface area contributed by atoms with Gasteiger partial charge in [0.25, 0.3) is 5.91 Å². The Morgan fingerprint density at radius 1 is 0.929 bits per heavy atom. The number of amides is 2. The summed E-state index contributed by atoms with van der Waals surface area (Å²) >= 11 is 0. The fraction of sp³-hybridized carbons (Fsp3) is 0.364. The van der Waals surface area contributed by atoms with E-state index in [-0.39, 0.29) is 37.1 Å². The molecular formula is C33H37N3O6.